The summed E-state index contributed by atoms with van der Waals surface area (Å²) in [6.07, 6.45) is 2.30. The molecule has 1 aromatic carbocycles. The number of hydrogen-bond donors (Lipinski definition) is 1. The lowest BCUT2D eigenvalue weighted by atomic mass is 10.1. The predicted octanol–water partition coefficient (Wildman–Crippen LogP) is 1.90. The van der Waals surface area contributed by atoms with E-state index in [1.54, 1.807) is 6.92 Å². The molecule has 1 heterocycles. The van der Waals surface area contributed by atoms with Crippen LogP contribution in [0.5, 0.6) is 5.88 Å². The molecular formula is C13H13ClN2O4S. The molecule has 1 aromatic heterocycles. The first-order chi connectivity index (χ1) is 9.75. The van der Waals surface area contributed by atoms with Gasteiger partial charge in [0.15, 0.2) is 9.84 Å². The van der Waals surface area contributed by atoms with Crippen LogP contribution in [-0.4, -0.2) is 35.3 Å². The number of aryl methyl sites for hydroxylation is 1. The Hall–Kier alpha value is -1.86. The molecule has 2 rings (SSSR count). The van der Waals surface area contributed by atoms with E-state index in [-0.39, 0.29) is 26.9 Å². The Labute approximate surface area is 126 Å². The van der Waals surface area contributed by atoms with Crippen molar-refractivity contribution in [1.82, 2.24) is 9.78 Å². The Bertz CT molecular complexity index is 812. The van der Waals surface area contributed by atoms with Crippen LogP contribution in [0.4, 0.5) is 0 Å². The number of hydrogen-bond acceptors (Lipinski definition) is 5. The zero-order valence-electron chi connectivity index (χ0n) is 11.4. The molecule has 0 aliphatic heterocycles. The second kappa shape index (κ2) is 5.50. The minimum atomic E-state index is -3.40. The van der Waals surface area contributed by atoms with Crippen molar-refractivity contribution in [1.29, 1.82) is 0 Å². The SMILES string of the molecule is CCn1ncc(C(=O)c2ccc(S(C)(=O)=O)cc2Cl)c1O. The Morgan fingerprint density at radius 1 is 1.38 bits per heavy atom. The summed E-state index contributed by atoms with van der Waals surface area (Å²) in [5.41, 5.74) is 0.126. The number of carbonyl (C=O) groups excluding carboxylic acids is 1. The molecule has 8 heteroatoms. The van der Waals surface area contributed by atoms with Gasteiger partial charge in [0.25, 0.3) is 0 Å². The van der Waals surface area contributed by atoms with Gasteiger partial charge in [0.05, 0.1) is 16.1 Å². The van der Waals surface area contributed by atoms with E-state index in [9.17, 15) is 18.3 Å². The summed E-state index contributed by atoms with van der Waals surface area (Å²) in [7, 11) is -3.40. The Kier molecular flexibility index (Phi) is 4.06. The molecule has 0 fully saturated rings. The van der Waals surface area contributed by atoms with Gasteiger partial charge in [-0.05, 0) is 25.1 Å². The number of aromatic hydroxyl groups is 1. The summed E-state index contributed by atoms with van der Waals surface area (Å²) in [4.78, 5) is 12.4. The highest BCUT2D eigenvalue weighted by Crippen LogP contribution is 2.26. The van der Waals surface area contributed by atoms with Gasteiger partial charge in [0.2, 0.25) is 11.7 Å². The molecule has 0 atom stereocenters. The molecule has 0 aliphatic carbocycles. The van der Waals surface area contributed by atoms with Gasteiger partial charge in [-0.1, -0.05) is 11.6 Å². The topological polar surface area (TPSA) is 89.3 Å². The first-order valence-corrected chi connectivity index (χ1v) is 8.31. The lowest BCUT2D eigenvalue weighted by Gasteiger charge is -2.05. The monoisotopic (exact) mass is 328 g/mol. The van der Waals surface area contributed by atoms with Gasteiger partial charge in [0.1, 0.15) is 5.56 Å². The van der Waals surface area contributed by atoms with E-state index < -0.39 is 15.6 Å². The van der Waals surface area contributed by atoms with Crippen LogP contribution in [0.3, 0.4) is 0 Å². The molecule has 0 bridgehead atoms. The minimum Gasteiger partial charge on any atom is -0.493 e. The standard InChI is InChI=1S/C13H13ClN2O4S/c1-3-16-13(18)10(7-15-16)12(17)9-5-4-8(6-11(9)14)21(2,19)20/h4-7,18H,3H2,1-2H3. The van der Waals surface area contributed by atoms with E-state index in [0.717, 1.165) is 6.26 Å². The molecule has 112 valence electrons. The van der Waals surface area contributed by atoms with E-state index in [0.29, 0.717) is 6.54 Å². The highest BCUT2D eigenvalue weighted by atomic mass is 35.5. The van der Waals surface area contributed by atoms with Gasteiger partial charge in [-0.3, -0.25) is 4.79 Å². The van der Waals surface area contributed by atoms with Gasteiger partial charge in [-0.15, -0.1) is 0 Å². The molecule has 6 nitrogen and oxygen atoms in total. The second-order valence-corrected chi connectivity index (χ2v) is 6.86. The number of rotatable bonds is 4. The summed E-state index contributed by atoms with van der Waals surface area (Å²) in [5.74, 6) is -0.761. The predicted molar refractivity (Wildman–Crippen MR) is 77.6 cm³/mol. The van der Waals surface area contributed by atoms with Gasteiger partial charge < -0.3 is 5.11 Å². The third-order valence-corrected chi connectivity index (χ3v) is 4.39. The van der Waals surface area contributed by atoms with Gasteiger partial charge in [-0.25, -0.2) is 13.1 Å². The second-order valence-electron chi connectivity index (χ2n) is 4.44. The molecule has 21 heavy (non-hydrogen) atoms. The molecule has 0 spiro atoms. The van der Waals surface area contributed by atoms with E-state index >= 15 is 0 Å². The number of halogens is 1. The number of aromatic nitrogens is 2. The number of sulfone groups is 1. The summed E-state index contributed by atoms with van der Waals surface area (Å²) < 4.78 is 24.1. The Morgan fingerprint density at radius 2 is 2.05 bits per heavy atom. The van der Waals surface area contributed by atoms with E-state index in [1.165, 1.54) is 29.1 Å². The van der Waals surface area contributed by atoms with Crippen LogP contribution in [-0.2, 0) is 16.4 Å². The molecule has 1 N–H and O–H groups in total. The largest absolute Gasteiger partial charge is 0.493 e. The lowest BCUT2D eigenvalue weighted by Crippen LogP contribution is -2.04. The smallest absolute Gasteiger partial charge is 0.220 e. The van der Waals surface area contributed by atoms with E-state index in [1.807, 2.05) is 0 Å². The third kappa shape index (κ3) is 2.93. The molecule has 0 aliphatic rings. The average Bonchev–Trinajstić information content (AvgIpc) is 2.78. The van der Waals surface area contributed by atoms with E-state index in [2.05, 4.69) is 5.10 Å². The fourth-order valence-corrected chi connectivity index (χ4v) is 2.80. The van der Waals surface area contributed by atoms with Crippen LogP contribution in [0.15, 0.2) is 29.3 Å². The maximum Gasteiger partial charge on any atom is 0.220 e. The fourth-order valence-electron chi connectivity index (χ4n) is 1.83. The lowest BCUT2D eigenvalue weighted by molar-refractivity contribution is 0.103. The quantitative estimate of drug-likeness (QED) is 0.866. The van der Waals surface area contributed by atoms with E-state index in [4.69, 9.17) is 11.6 Å². The number of ketones is 1. The highest BCUT2D eigenvalue weighted by molar-refractivity contribution is 7.90. The maximum atomic E-state index is 12.3. The molecule has 0 unspecified atom stereocenters. The number of benzene rings is 1. The molecule has 0 amide bonds. The molecule has 0 saturated carbocycles. The normalized spacial score (nSPS) is 11.6. The minimum absolute atomic E-state index is 0.00609. The highest BCUT2D eigenvalue weighted by Gasteiger charge is 2.21. The summed E-state index contributed by atoms with van der Waals surface area (Å²) >= 11 is 5.98. The number of nitrogens with zero attached hydrogens (tertiary/aromatic N) is 2. The van der Waals surface area contributed by atoms with Crippen molar-refractivity contribution in [2.45, 2.75) is 18.4 Å². The van der Waals surface area contributed by atoms with Crippen molar-refractivity contribution < 1.29 is 18.3 Å². The first-order valence-electron chi connectivity index (χ1n) is 6.04. The van der Waals surface area contributed by atoms with Crippen LogP contribution in [0.2, 0.25) is 5.02 Å². The first kappa shape index (κ1) is 15.5. The van der Waals surface area contributed by atoms with Crippen LogP contribution >= 0.6 is 11.6 Å². The summed E-state index contributed by atoms with van der Waals surface area (Å²) in [5, 5.41) is 13.8. The Balaban J connectivity index is 2.47. The molecule has 0 radical (unpaired) electrons. The van der Waals surface area contributed by atoms with Crippen molar-refractivity contribution in [3.8, 4) is 5.88 Å². The van der Waals surface area contributed by atoms with Crippen LogP contribution in [0.1, 0.15) is 22.8 Å². The fraction of sp³-hybridized carbons (Fsp3) is 0.231. The van der Waals surface area contributed by atoms with Gasteiger partial charge >= 0.3 is 0 Å². The Morgan fingerprint density at radius 3 is 2.52 bits per heavy atom. The molecule has 2 aromatic rings. The summed E-state index contributed by atoms with van der Waals surface area (Å²) in [6, 6.07) is 3.84. The van der Waals surface area contributed by atoms with Crippen molar-refractivity contribution in [3.63, 3.8) is 0 Å². The average molecular weight is 329 g/mol. The van der Waals surface area contributed by atoms with Crippen LogP contribution < -0.4 is 0 Å². The number of carbonyl (C=O) groups is 1. The summed E-state index contributed by atoms with van der Waals surface area (Å²) in [6.45, 7) is 2.19. The third-order valence-electron chi connectivity index (χ3n) is 2.97. The molecule has 0 saturated heterocycles. The van der Waals surface area contributed by atoms with Crippen LogP contribution in [0, 0.1) is 0 Å². The van der Waals surface area contributed by atoms with Crippen molar-refractivity contribution in [2.24, 2.45) is 0 Å². The van der Waals surface area contributed by atoms with Crippen molar-refractivity contribution in [3.05, 3.63) is 40.5 Å². The van der Waals surface area contributed by atoms with Crippen molar-refractivity contribution in [2.75, 3.05) is 6.26 Å². The zero-order chi connectivity index (χ0) is 15.8. The van der Waals surface area contributed by atoms with Crippen molar-refractivity contribution >= 4 is 27.2 Å². The van der Waals surface area contributed by atoms with Crippen LogP contribution in [0.25, 0.3) is 0 Å². The van der Waals surface area contributed by atoms with Gasteiger partial charge in [0, 0.05) is 18.4 Å². The van der Waals surface area contributed by atoms with Gasteiger partial charge in [-0.2, -0.15) is 5.10 Å². The maximum absolute atomic E-state index is 12.3. The zero-order valence-corrected chi connectivity index (χ0v) is 12.9. The molecular weight excluding hydrogens is 316 g/mol.